The quantitative estimate of drug-likeness (QED) is 0.781. The molecule has 0 bridgehead atoms. The number of carbonyl (C=O) groups excluding carboxylic acids is 1. The molecule has 0 saturated carbocycles. The van der Waals surface area contributed by atoms with Crippen LogP contribution in [0.3, 0.4) is 0 Å². The highest BCUT2D eigenvalue weighted by molar-refractivity contribution is 7.89. The van der Waals surface area contributed by atoms with Gasteiger partial charge in [-0.3, -0.25) is 0 Å². The topological polar surface area (TPSA) is 89.7 Å². The molecule has 0 amide bonds. The zero-order chi connectivity index (χ0) is 18.9. The van der Waals surface area contributed by atoms with Gasteiger partial charge in [-0.05, 0) is 36.2 Å². The third-order valence-corrected chi connectivity index (χ3v) is 6.77. The minimum atomic E-state index is -3.69. The van der Waals surface area contributed by atoms with Crippen LogP contribution in [0.1, 0.15) is 27.4 Å². The van der Waals surface area contributed by atoms with E-state index in [0.29, 0.717) is 17.7 Å². The molecule has 0 aromatic heterocycles. The van der Waals surface area contributed by atoms with E-state index in [1.807, 2.05) is 30.3 Å². The second-order valence-corrected chi connectivity index (χ2v) is 8.38. The van der Waals surface area contributed by atoms with Crippen LogP contribution in [-0.2, 0) is 14.8 Å². The van der Waals surface area contributed by atoms with Gasteiger partial charge in [0, 0.05) is 25.0 Å². The van der Waals surface area contributed by atoms with Crippen molar-refractivity contribution in [3.8, 4) is 0 Å². The molecule has 0 aliphatic carbocycles. The lowest BCUT2D eigenvalue weighted by Crippen LogP contribution is -2.32. The van der Waals surface area contributed by atoms with Crippen molar-refractivity contribution < 1.29 is 17.9 Å². The molecule has 0 radical (unpaired) electrons. The first-order chi connectivity index (χ1) is 12.3. The summed E-state index contributed by atoms with van der Waals surface area (Å²) in [5.74, 6) is -0.537. The number of hydrogen-bond acceptors (Lipinski definition) is 5. The van der Waals surface area contributed by atoms with Crippen LogP contribution < -0.4 is 5.73 Å². The molecule has 1 heterocycles. The second kappa shape index (κ2) is 8.39. The largest absolute Gasteiger partial charge is 0.465 e. The number of rotatable bonds is 4. The third kappa shape index (κ3) is 4.16. The molecule has 1 saturated heterocycles. The van der Waals surface area contributed by atoms with Crippen LogP contribution in [0.15, 0.2) is 53.4 Å². The summed E-state index contributed by atoms with van der Waals surface area (Å²) in [7, 11) is -2.40. The highest BCUT2D eigenvalue weighted by Crippen LogP contribution is 2.31. The van der Waals surface area contributed by atoms with Gasteiger partial charge in [0.1, 0.15) is 0 Å². The number of esters is 1. The maximum Gasteiger partial charge on any atom is 0.337 e. The van der Waals surface area contributed by atoms with Crippen molar-refractivity contribution >= 4 is 28.4 Å². The Morgan fingerprint density at radius 2 is 1.81 bits per heavy atom. The third-order valence-electron chi connectivity index (χ3n) is 4.77. The predicted octanol–water partition coefficient (Wildman–Crippen LogP) is 2.32. The van der Waals surface area contributed by atoms with Crippen molar-refractivity contribution in [1.82, 2.24) is 4.31 Å². The van der Waals surface area contributed by atoms with Gasteiger partial charge in [0.25, 0.3) is 0 Å². The molecule has 146 valence electrons. The number of methoxy groups -OCH3 is 1. The fourth-order valence-electron chi connectivity index (χ4n) is 3.36. The van der Waals surface area contributed by atoms with Crippen LogP contribution in [0.2, 0.25) is 0 Å². The Balaban J connectivity index is 0.00000261. The molecule has 1 fully saturated rings. The number of carbonyl (C=O) groups is 1. The molecule has 6 nitrogen and oxygen atoms in total. The van der Waals surface area contributed by atoms with Crippen molar-refractivity contribution in [2.75, 3.05) is 20.2 Å². The van der Waals surface area contributed by atoms with E-state index < -0.39 is 16.0 Å². The molecular formula is C19H23ClN2O4S. The van der Waals surface area contributed by atoms with Gasteiger partial charge in [-0.1, -0.05) is 30.3 Å². The van der Waals surface area contributed by atoms with Gasteiger partial charge in [0.15, 0.2) is 0 Å². The van der Waals surface area contributed by atoms with E-state index in [1.165, 1.54) is 29.6 Å². The van der Waals surface area contributed by atoms with Crippen molar-refractivity contribution in [1.29, 1.82) is 0 Å². The first kappa shape index (κ1) is 21.4. The van der Waals surface area contributed by atoms with Crippen LogP contribution in [-0.4, -0.2) is 44.9 Å². The van der Waals surface area contributed by atoms with Crippen LogP contribution in [0.25, 0.3) is 0 Å². The van der Waals surface area contributed by atoms with Crippen LogP contribution >= 0.6 is 12.4 Å². The average Bonchev–Trinajstić information content (AvgIpc) is 3.04. The minimum absolute atomic E-state index is 0. The number of benzene rings is 2. The Hall–Kier alpha value is -1.93. The zero-order valence-electron chi connectivity index (χ0n) is 15.2. The SMILES string of the molecule is COC(=O)c1ccc(S(=O)(=O)N2C[C@@H](N)[C@H](c3ccccc3)C2)c(C)c1.Cl. The van der Waals surface area contributed by atoms with E-state index in [9.17, 15) is 13.2 Å². The molecule has 27 heavy (non-hydrogen) atoms. The zero-order valence-corrected chi connectivity index (χ0v) is 16.8. The number of nitrogens with two attached hydrogens (primary N) is 1. The molecule has 2 aromatic rings. The minimum Gasteiger partial charge on any atom is -0.465 e. The summed E-state index contributed by atoms with van der Waals surface area (Å²) in [5, 5.41) is 0. The number of ether oxygens (including phenoxy) is 1. The van der Waals surface area contributed by atoms with Crippen molar-refractivity contribution in [2.45, 2.75) is 23.8 Å². The lowest BCUT2D eigenvalue weighted by atomic mass is 9.95. The Kier molecular flexibility index (Phi) is 6.64. The van der Waals surface area contributed by atoms with Gasteiger partial charge in [0.05, 0.1) is 17.6 Å². The van der Waals surface area contributed by atoms with Gasteiger partial charge in [0.2, 0.25) is 10.0 Å². The van der Waals surface area contributed by atoms with E-state index in [2.05, 4.69) is 4.74 Å². The molecule has 1 aliphatic rings. The van der Waals surface area contributed by atoms with E-state index in [0.717, 1.165) is 5.56 Å². The molecule has 3 rings (SSSR count). The standard InChI is InChI=1S/C19H22N2O4S.ClH/c1-13-10-15(19(22)25-2)8-9-18(13)26(23,24)21-11-16(17(20)12-21)14-6-4-3-5-7-14;/h3-10,16-17H,11-12,20H2,1-2H3;1H/t16-,17+;/m0./s1. The maximum atomic E-state index is 13.1. The van der Waals surface area contributed by atoms with Crippen molar-refractivity contribution in [3.05, 3.63) is 65.2 Å². The summed E-state index contributed by atoms with van der Waals surface area (Å²) >= 11 is 0. The number of sulfonamides is 1. The fraction of sp³-hybridized carbons (Fsp3) is 0.316. The van der Waals surface area contributed by atoms with Crippen LogP contribution in [0, 0.1) is 6.92 Å². The summed E-state index contributed by atoms with van der Waals surface area (Å²) in [6.45, 7) is 2.27. The van der Waals surface area contributed by atoms with Crippen LogP contribution in [0.4, 0.5) is 0 Å². The van der Waals surface area contributed by atoms with E-state index in [4.69, 9.17) is 5.73 Å². The lowest BCUT2D eigenvalue weighted by molar-refractivity contribution is 0.0600. The van der Waals surface area contributed by atoms with E-state index in [1.54, 1.807) is 6.92 Å². The lowest BCUT2D eigenvalue weighted by Gasteiger charge is -2.18. The van der Waals surface area contributed by atoms with Crippen molar-refractivity contribution in [3.63, 3.8) is 0 Å². The van der Waals surface area contributed by atoms with Gasteiger partial charge >= 0.3 is 5.97 Å². The van der Waals surface area contributed by atoms with Crippen molar-refractivity contribution in [2.24, 2.45) is 5.73 Å². The number of aryl methyl sites for hydroxylation is 1. The Labute approximate surface area is 165 Å². The highest BCUT2D eigenvalue weighted by atomic mass is 35.5. The summed E-state index contributed by atoms with van der Waals surface area (Å²) in [6.07, 6.45) is 0. The summed E-state index contributed by atoms with van der Waals surface area (Å²) in [4.78, 5) is 11.8. The van der Waals surface area contributed by atoms with Gasteiger partial charge in [-0.2, -0.15) is 4.31 Å². The molecule has 2 aromatic carbocycles. The Morgan fingerprint density at radius 1 is 1.15 bits per heavy atom. The summed E-state index contributed by atoms with van der Waals surface area (Å²) in [6, 6.07) is 13.9. The van der Waals surface area contributed by atoms with E-state index in [-0.39, 0.29) is 35.8 Å². The van der Waals surface area contributed by atoms with Crippen LogP contribution in [0.5, 0.6) is 0 Å². The number of nitrogens with zero attached hydrogens (tertiary/aromatic N) is 1. The first-order valence-corrected chi connectivity index (χ1v) is 9.78. The van der Waals surface area contributed by atoms with E-state index >= 15 is 0 Å². The molecule has 8 heteroatoms. The average molecular weight is 411 g/mol. The van der Waals surface area contributed by atoms with Gasteiger partial charge in [-0.15, -0.1) is 12.4 Å². The number of hydrogen-bond donors (Lipinski definition) is 1. The molecule has 1 aliphatic heterocycles. The number of halogens is 1. The van der Waals surface area contributed by atoms with Gasteiger partial charge < -0.3 is 10.5 Å². The second-order valence-electron chi connectivity index (χ2n) is 6.47. The molecule has 0 unspecified atom stereocenters. The molecule has 2 N–H and O–H groups in total. The monoisotopic (exact) mass is 410 g/mol. The fourth-order valence-corrected chi connectivity index (χ4v) is 5.07. The Morgan fingerprint density at radius 3 is 2.41 bits per heavy atom. The van der Waals surface area contributed by atoms with Gasteiger partial charge in [-0.25, -0.2) is 13.2 Å². The normalized spacial score (nSPS) is 20.1. The maximum absolute atomic E-state index is 13.1. The molecule has 2 atom stereocenters. The first-order valence-electron chi connectivity index (χ1n) is 8.34. The summed E-state index contributed by atoms with van der Waals surface area (Å²) in [5.41, 5.74) is 8.09. The smallest absolute Gasteiger partial charge is 0.337 e. The summed E-state index contributed by atoms with van der Waals surface area (Å²) < 4.78 is 32.3. The molecular weight excluding hydrogens is 388 g/mol. The predicted molar refractivity (Wildman–Crippen MR) is 106 cm³/mol. The highest BCUT2D eigenvalue weighted by Gasteiger charge is 2.38. The molecule has 0 spiro atoms. The Bertz CT molecular complexity index is 919.